The molecule has 0 saturated heterocycles. The molecule has 0 fully saturated rings. The Morgan fingerprint density at radius 2 is 1.05 bits per heavy atom. The molecule has 25 heteroatoms. The van der Waals surface area contributed by atoms with Crippen LogP contribution in [0.1, 0.15) is 67.4 Å². The van der Waals surface area contributed by atoms with E-state index in [0.29, 0.717) is 11.4 Å². The van der Waals surface area contributed by atoms with Crippen LogP contribution in [0, 0.1) is 0 Å². The summed E-state index contributed by atoms with van der Waals surface area (Å²) < 4.78 is 0. The van der Waals surface area contributed by atoms with Crippen molar-refractivity contribution in [2.24, 2.45) is 0 Å². The summed E-state index contributed by atoms with van der Waals surface area (Å²) in [6.45, 7) is 0.268. The van der Waals surface area contributed by atoms with Crippen LogP contribution in [-0.2, 0) is 44.9 Å². The second-order valence-electron chi connectivity index (χ2n) is 13.2. The number of nitrogens with two attached hydrogens (primary N) is 2. The third kappa shape index (κ3) is 14.6. The quantitative estimate of drug-likeness (QED) is 0.0479. The summed E-state index contributed by atoms with van der Waals surface area (Å²) in [6.07, 6.45) is -2.70. The van der Waals surface area contributed by atoms with Crippen LogP contribution in [0.25, 0.3) is 11.2 Å². The predicted octanol–water partition coefficient (Wildman–Crippen LogP) is -1.68. The number of hydrogen-bond donors (Lipinski definition) is 11. The lowest BCUT2D eigenvalue weighted by atomic mass is 10.1. The van der Waals surface area contributed by atoms with E-state index in [1.807, 2.05) is 0 Å². The molecule has 0 spiro atoms. The smallest absolute Gasteiger partial charge is 0.326 e. The fraction of sp³-hybridized carbons (Fsp3) is 0.400. The Bertz CT molecular complexity index is 2120. The molecule has 0 aliphatic carbocycles. The molecule has 2 aromatic heterocycles. The Labute approximate surface area is 339 Å². The van der Waals surface area contributed by atoms with Crippen molar-refractivity contribution in [1.82, 2.24) is 41.2 Å². The Balaban J connectivity index is 1.48. The van der Waals surface area contributed by atoms with E-state index in [-0.39, 0.29) is 35.0 Å². The van der Waals surface area contributed by atoms with E-state index in [9.17, 15) is 58.5 Å². The molecule has 0 bridgehead atoms. The summed E-state index contributed by atoms with van der Waals surface area (Å²) in [7, 11) is 1.75. The van der Waals surface area contributed by atoms with Crippen molar-refractivity contribution in [2.45, 2.75) is 82.1 Å². The Kier molecular flexibility index (Phi) is 16.9. The first-order valence-corrected chi connectivity index (χ1v) is 17.9. The molecule has 0 saturated carbocycles. The van der Waals surface area contributed by atoms with Gasteiger partial charge in [0.15, 0.2) is 17.0 Å². The number of fused-ring (bicyclic) bond motifs is 1. The second-order valence-corrected chi connectivity index (χ2v) is 13.2. The number of amides is 4. The average molecular weight is 842 g/mol. The van der Waals surface area contributed by atoms with E-state index < -0.39 is 129 Å². The fourth-order valence-corrected chi connectivity index (χ4v) is 5.43. The first kappa shape index (κ1) is 46.7. The number of benzene rings is 1. The minimum absolute atomic E-state index is 0.0424. The molecular formula is C35H43N11O14. The van der Waals surface area contributed by atoms with E-state index in [1.165, 1.54) is 18.3 Å². The molecule has 3 aromatic rings. The van der Waals surface area contributed by atoms with E-state index >= 15 is 0 Å². The summed E-state index contributed by atoms with van der Waals surface area (Å²) in [6, 6.07) is -0.332. The Morgan fingerprint density at radius 3 is 1.48 bits per heavy atom. The van der Waals surface area contributed by atoms with Crippen molar-refractivity contribution in [3.05, 3.63) is 41.7 Å². The molecule has 0 aliphatic heterocycles. The summed E-state index contributed by atoms with van der Waals surface area (Å²) in [5, 5.41) is 55.3. The van der Waals surface area contributed by atoms with Gasteiger partial charge in [0.2, 0.25) is 23.7 Å². The van der Waals surface area contributed by atoms with Crippen LogP contribution in [0.4, 0.5) is 17.5 Å². The summed E-state index contributed by atoms with van der Waals surface area (Å²) in [5.41, 5.74) is 13.3. The number of carboxylic acid groups (broad SMARTS) is 5. The number of aliphatic carboxylic acids is 5. The van der Waals surface area contributed by atoms with Gasteiger partial charge in [-0.25, -0.2) is 29.1 Å². The van der Waals surface area contributed by atoms with Gasteiger partial charge in [0, 0.05) is 44.0 Å². The number of aromatic nitrogens is 4. The normalized spacial score (nSPS) is 12.8. The first-order valence-electron chi connectivity index (χ1n) is 17.9. The number of nitrogen functional groups attached to an aromatic ring is 2. The number of anilines is 3. The van der Waals surface area contributed by atoms with Gasteiger partial charge in [0.05, 0.1) is 18.4 Å². The molecule has 4 amide bonds. The topological polar surface area (TPSA) is 410 Å². The number of hydrogen-bond acceptors (Lipinski definition) is 16. The lowest BCUT2D eigenvalue weighted by molar-refractivity contribution is -0.144. The predicted molar refractivity (Wildman–Crippen MR) is 205 cm³/mol. The van der Waals surface area contributed by atoms with Gasteiger partial charge in [0.1, 0.15) is 24.2 Å². The van der Waals surface area contributed by atoms with Crippen LogP contribution in [-0.4, -0.2) is 130 Å². The maximum absolute atomic E-state index is 12.9. The number of carbonyl (C=O) groups excluding carboxylic acids is 4. The maximum Gasteiger partial charge on any atom is 0.326 e. The van der Waals surface area contributed by atoms with Gasteiger partial charge in [-0.2, -0.15) is 9.97 Å². The molecule has 2 heterocycles. The SMILES string of the molecule is CN(Cc1cnc2nc(N)nc(N)c2n1)c1ccc(C(=O)N[C@H](CCC(=O)N[C@H](CCC(=O)N[C@H](CCC(=O)N[C@H](CCC(=O)O)C(=O)O)C(=O)O)C(=O)O)C(=O)O)cc1. The maximum atomic E-state index is 12.9. The molecule has 3 rings (SSSR count). The highest BCUT2D eigenvalue weighted by Crippen LogP contribution is 2.19. The fourth-order valence-electron chi connectivity index (χ4n) is 5.43. The Hall–Kier alpha value is -7.73. The number of rotatable bonds is 24. The van der Waals surface area contributed by atoms with Gasteiger partial charge in [0.25, 0.3) is 5.91 Å². The van der Waals surface area contributed by atoms with Crippen LogP contribution >= 0.6 is 0 Å². The minimum atomic E-state index is -1.66. The van der Waals surface area contributed by atoms with Crippen LogP contribution < -0.4 is 37.6 Å². The van der Waals surface area contributed by atoms with Gasteiger partial charge in [-0.1, -0.05) is 0 Å². The molecule has 4 atom stereocenters. The third-order valence-electron chi connectivity index (χ3n) is 8.60. The van der Waals surface area contributed by atoms with Crippen molar-refractivity contribution in [2.75, 3.05) is 23.4 Å². The van der Waals surface area contributed by atoms with Crippen molar-refractivity contribution >= 4 is 82.1 Å². The molecule has 60 heavy (non-hydrogen) atoms. The number of carboxylic acids is 5. The van der Waals surface area contributed by atoms with Crippen molar-refractivity contribution in [3.8, 4) is 0 Å². The molecular weight excluding hydrogens is 798 g/mol. The van der Waals surface area contributed by atoms with Crippen LogP contribution in [0.3, 0.4) is 0 Å². The van der Waals surface area contributed by atoms with Gasteiger partial charge < -0.3 is 63.2 Å². The highest BCUT2D eigenvalue weighted by atomic mass is 16.4. The zero-order chi connectivity index (χ0) is 44.7. The lowest BCUT2D eigenvalue weighted by Gasteiger charge is -2.20. The van der Waals surface area contributed by atoms with Gasteiger partial charge in [-0.3, -0.25) is 24.0 Å². The van der Waals surface area contributed by atoms with Crippen LogP contribution in [0.15, 0.2) is 30.5 Å². The molecule has 25 nitrogen and oxygen atoms in total. The monoisotopic (exact) mass is 841 g/mol. The van der Waals surface area contributed by atoms with Crippen molar-refractivity contribution in [3.63, 3.8) is 0 Å². The van der Waals surface area contributed by atoms with Gasteiger partial charge in [-0.15, -0.1) is 0 Å². The zero-order valence-corrected chi connectivity index (χ0v) is 31.9. The Morgan fingerprint density at radius 1 is 0.617 bits per heavy atom. The highest BCUT2D eigenvalue weighted by Gasteiger charge is 2.27. The van der Waals surface area contributed by atoms with Gasteiger partial charge in [-0.05, 0) is 49.9 Å². The van der Waals surface area contributed by atoms with Crippen LogP contribution in [0.2, 0.25) is 0 Å². The lowest BCUT2D eigenvalue weighted by Crippen LogP contribution is -2.45. The summed E-state index contributed by atoms with van der Waals surface area (Å²) >= 11 is 0. The average Bonchev–Trinajstić information content (AvgIpc) is 3.17. The van der Waals surface area contributed by atoms with Crippen molar-refractivity contribution in [1.29, 1.82) is 0 Å². The van der Waals surface area contributed by atoms with E-state index in [4.69, 9.17) is 21.7 Å². The first-order chi connectivity index (χ1) is 28.2. The van der Waals surface area contributed by atoms with E-state index in [2.05, 4.69) is 41.2 Å². The third-order valence-corrected chi connectivity index (χ3v) is 8.60. The molecule has 0 unspecified atom stereocenters. The number of nitrogens with one attached hydrogen (secondary N) is 4. The summed E-state index contributed by atoms with van der Waals surface area (Å²) in [5.74, 6) is -11.0. The number of carbonyl (C=O) groups is 9. The van der Waals surface area contributed by atoms with E-state index in [0.717, 1.165) is 0 Å². The molecule has 0 aliphatic rings. The molecule has 13 N–H and O–H groups in total. The number of nitrogens with zero attached hydrogens (tertiary/aromatic N) is 5. The zero-order valence-electron chi connectivity index (χ0n) is 31.9. The standard InChI is InChI=1S/C35H43N11O14/c1-46(15-17-14-38-29-27(39-17)28(36)44-35(37)45-29)18-4-2-16(3-5-18)30(52)43-22(34(59)60)8-12-25(49)41-20(32(55)56)6-10-23(47)40-19(31(53)54)7-11-24(48)42-21(33(57)58)9-13-26(50)51/h2-5,14,19-22H,6-13,15H2,1H3,(H,40,47)(H,41,49)(H,42,48)(H,43,52)(H,50,51)(H,53,54)(H,55,56)(H,57,58)(H,59,60)(H4,36,37,38,44,45)/t19-,20-,21-,22-/m1/s1. The molecule has 1 aromatic carbocycles. The molecule has 0 radical (unpaired) electrons. The van der Waals surface area contributed by atoms with Crippen molar-refractivity contribution < 1.29 is 68.7 Å². The molecule has 322 valence electrons. The summed E-state index contributed by atoms with van der Waals surface area (Å²) in [4.78, 5) is 126. The van der Waals surface area contributed by atoms with E-state index in [1.54, 1.807) is 24.1 Å². The second kappa shape index (κ2) is 21.7. The highest BCUT2D eigenvalue weighted by molar-refractivity contribution is 5.97. The van der Waals surface area contributed by atoms with Gasteiger partial charge >= 0.3 is 29.8 Å². The van der Waals surface area contributed by atoms with Crippen LogP contribution in [0.5, 0.6) is 0 Å². The largest absolute Gasteiger partial charge is 0.481 e. The minimum Gasteiger partial charge on any atom is -0.481 e.